The second-order valence-corrected chi connectivity index (χ2v) is 7.45. The number of fused-ring (bicyclic) bond motifs is 5. The van der Waals surface area contributed by atoms with Crippen LogP contribution >= 0.6 is 0 Å². The fraction of sp³-hybridized carbons (Fsp3) is 0.588. The van der Waals surface area contributed by atoms with E-state index < -0.39 is 36.9 Å². The van der Waals surface area contributed by atoms with Crippen LogP contribution in [-0.4, -0.2) is 51.3 Å². The van der Waals surface area contributed by atoms with Crippen molar-refractivity contribution in [2.75, 3.05) is 29.6 Å². The number of hydrogen-bond donors (Lipinski definition) is 0. The Hall–Kier alpha value is -2.70. The molecule has 0 amide bonds. The van der Waals surface area contributed by atoms with Crippen LogP contribution in [0.15, 0.2) is 17.1 Å². The molecule has 1 saturated heterocycles. The highest BCUT2D eigenvalue weighted by atomic mass is 19.4. The lowest BCUT2D eigenvalue weighted by molar-refractivity contribution is -0.153. The zero-order valence-corrected chi connectivity index (χ0v) is 15.5. The molecule has 0 aromatic carbocycles. The van der Waals surface area contributed by atoms with Gasteiger partial charge in [-0.1, -0.05) is 0 Å². The van der Waals surface area contributed by atoms with E-state index in [0.29, 0.717) is 23.4 Å². The lowest BCUT2D eigenvalue weighted by Crippen LogP contribution is -2.52. The number of ether oxygens (including phenoxy) is 1. The molecule has 0 spiro atoms. The topological polar surface area (TPSA) is 68.4 Å². The average molecular weight is 432 g/mol. The van der Waals surface area contributed by atoms with Crippen molar-refractivity contribution in [3.63, 3.8) is 0 Å². The monoisotopic (exact) mass is 432 g/mol. The number of halogens is 5. The van der Waals surface area contributed by atoms with Gasteiger partial charge >= 0.3 is 12.7 Å². The third-order valence-corrected chi connectivity index (χ3v) is 5.75. The molecule has 2 aromatic rings. The van der Waals surface area contributed by atoms with Gasteiger partial charge in [-0.05, 0) is 6.42 Å². The maximum Gasteiger partial charge on any atom is 0.408 e. The van der Waals surface area contributed by atoms with Crippen LogP contribution in [0, 0.1) is 0 Å². The number of alkyl halides is 5. The molecular formula is C17H17F5N6O2. The molecule has 0 radical (unpaired) electrons. The molecule has 3 aliphatic rings. The maximum absolute atomic E-state index is 13.8. The zero-order chi connectivity index (χ0) is 21.2. The number of rotatable bonds is 1. The molecule has 5 rings (SSSR count). The van der Waals surface area contributed by atoms with Crippen LogP contribution in [0.4, 0.5) is 33.7 Å². The number of morpholine rings is 1. The minimum atomic E-state index is -4.59. The Labute approximate surface area is 166 Å². The second kappa shape index (κ2) is 6.65. The van der Waals surface area contributed by atoms with Crippen molar-refractivity contribution >= 4 is 11.8 Å². The number of hydrogen-bond acceptors (Lipinski definition) is 6. The highest BCUT2D eigenvalue weighted by molar-refractivity contribution is 5.51. The fourth-order valence-corrected chi connectivity index (χ4v) is 4.37. The Bertz CT molecular complexity index is 1030. The molecule has 13 heteroatoms. The summed E-state index contributed by atoms with van der Waals surface area (Å²) in [5.74, 6) is 0.0702. The largest absolute Gasteiger partial charge is 0.408 e. The van der Waals surface area contributed by atoms with Crippen molar-refractivity contribution < 1.29 is 26.7 Å². The molecule has 30 heavy (non-hydrogen) atoms. The summed E-state index contributed by atoms with van der Waals surface area (Å²) in [6, 6.07) is -1.23. The van der Waals surface area contributed by atoms with Crippen LogP contribution in [0.5, 0.6) is 0 Å². The van der Waals surface area contributed by atoms with Crippen molar-refractivity contribution in [1.82, 2.24) is 19.3 Å². The van der Waals surface area contributed by atoms with E-state index in [9.17, 15) is 26.7 Å². The smallest absolute Gasteiger partial charge is 0.377 e. The third-order valence-electron chi connectivity index (χ3n) is 5.75. The number of nitrogens with zero attached hydrogens (tertiary/aromatic N) is 6. The number of aromatic nitrogens is 4. The van der Waals surface area contributed by atoms with Gasteiger partial charge in [0.25, 0.3) is 5.56 Å². The zero-order valence-electron chi connectivity index (χ0n) is 15.5. The molecular weight excluding hydrogens is 415 g/mol. The van der Waals surface area contributed by atoms with Crippen LogP contribution < -0.4 is 15.4 Å². The van der Waals surface area contributed by atoms with Gasteiger partial charge in [-0.2, -0.15) is 32.0 Å². The van der Waals surface area contributed by atoms with Gasteiger partial charge in [0.1, 0.15) is 11.9 Å². The second-order valence-electron chi connectivity index (χ2n) is 7.45. The predicted octanol–water partition coefficient (Wildman–Crippen LogP) is 2.07. The summed E-state index contributed by atoms with van der Waals surface area (Å²) < 4.78 is 75.2. The molecule has 1 fully saturated rings. The summed E-state index contributed by atoms with van der Waals surface area (Å²) in [4.78, 5) is 19.7. The molecule has 2 atom stereocenters. The molecule has 0 N–H and O–H groups in total. The fourth-order valence-electron chi connectivity index (χ4n) is 4.37. The summed E-state index contributed by atoms with van der Waals surface area (Å²) in [6.07, 6.45) is -3.80. The first-order valence-corrected chi connectivity index (χ1v) is 9.40. The third kappa shape index (κ3) is 2.94. The molecule has 0 saturated carbocycles. The summed E-state index contributed by atoms with van der Waals surface area (Å²) in [7, 11) is 0. The van der Waals surface area contributed by atoms with E-state index in [1.807, 2.05) is 0 Å². The first kappa shape index (κ1) is 19.3. The van der Waals surface area contributed by atoms with E-state index in [-0.39, 0.29) is 37.0 Å². The first-order chi connectivity index (χ1) is 14.2. The Morgan fingerprint density at radius 1 is 1.20 bits per heavy atom. The lowest BCUT2D eigenvalue weighted by Gasteiger charge is -2.39. The minimum absolute atomic E-state index is 0.0789. The summed E-state index contributed by atoms with van der Waals surface area (Å²) in [5, 5.41) is 3.88. The molecule has 5 heterocycles. The highest BCUT2D eigenvalue weighted by Crippen LogP contribution is 2.39. The Balaban J connectivity index is 1.75. The van der Waals surface area contributed by atoms with Crippen LogP contribution in [0.3, 0.4) is 0 Å². The average Bonchev–Trinajstić information content (AvgIpc) is 3.12. The molecule has 2 aromatic heterocycles. The van der Waals surface area contributed by atoms with Gasteiger partial charge in [0.15, 0.2) is 0 Å². The summed E-state index contributed by atoms with van der Waals surface area (Å²) in [6.45, 7) is -2.74. The van der Waals surface area contributed by atoms with Crippen LogP contribution in [0.25, 0.3) is 0 Å². The minimum Gasteiger partial charge on any atom is -0.377 e. The highest BCUT2D eigenvalue weighted by Gasteiger charge is 2.48. The van der Waals surface area contributed by atoms with E-state index in [0.717, 1.165) is 11.1 Å². The van der Waals surface area contributed by atoms with Gasteiger partial charge in [0.2, 0.25) is 5.95 Å². The first-order valence-electron chi connectivity index (χ1n) is 9.40. The molecule has 0 unspecified atom stereocenters. The Morgan fingerprint density at radius 2 is 2.00 bits per heavy atom. The van der Waals surface area contributed by atoms with Gasteiger partial charge < -0.3 is 14.5 Å². The Morgan fingerprint density at radius 3 is 2.73 bits per heavy atom. The van der Waals surface area contributed by atoms with Crippen molar-refractivity contribution in [2.45, 2.75) is 44.3 Å². The van der Waals surface area contributed by atoms with Crippen LogP contribution in [0.1, 0.15) is 30.3 Å². The SMILES string of the molecule is O=c1cc2nc3n1CC[C@@H](C(F)(F)F)N3Cc1nn(C(F)F)cc1[C@@H]1COCCN21. The van der Waals surface area contributed by atoms with Crippen molar-refractivity contribution in [3.05, 3.63) is 33.9 Å². The maximum atomic E-state index is 13.8. The van der Waals surface area contributed by atoms with Gasteiger partial charge in [0, 0.05) is 30.9 Å². The van der Waals surface area contributed by atoms with E-state index in [2.05, 4.69) is 10.1 Å². The van der Waals surface area contributed by atoms with E-state index in [4.69, 9.17) is 4.74 Å². The molecule has 162 valence electrons. The van der Waals surface area contributed by atoms with Crippen molar-refractivity contribution in [1.29, 1.82) is 0 Å². The van der Waals surface area contributed by atoms with Crippen LogP contribution in [-0.2, 0) is 17.8 Å². The summed E-state index contributed by atoms with van der Waals surface area (Å²) >= 11 is 0. The van der Waals surface area contributed by atoms with Crippen molar-refractivity contribution in [2.24, 2.45) is 0 Å². The molecule has 0 aliphatic carbocycles. The van der Waals surface area contributed by atoms with Gasteiger partial charge in [-0.3, -0.25) is 9.36 Å². The van der Waals surface area contributed by atoms with Gasteiger partial charge in [0.05, 0.1) is 31.5 Å². The van der Waals surface area contributed by atoms with E-state index >= 15 is 0 Å². The van der Waals surface area contributed by atoms with Crippen molar-refractivity contribution in [3.8, 4) is 0 Å². The standard InChI is InChI=1S/C17H17F5N6O2/c18-15(19)28-6-9-10(24-28)7-27-12(17(20,21)22)1-2-26-14(29)5-13(23-16(26)27)25-3-4-30-8-11(9)25/h5-6,11-12,15H,1-4,7-8H2/t11-,12-/m0/s1. The van der Waals surface area contributed by atoms with Gasteiger partial charge in [-0.25, -0.2) is 4.68 Å². The van der Waals surface area contributed by atoms with E-state index in [1.54, 1.807) is 4.90 Å². The molecule has 3 aliphatic heterocycles. The lowest BCUT2D eigenvalue weighted by atomic mass is 10.0. The van der Waals surface area contributed by atoms with Gasteiger partial charge in [-0.15, -0.1) is 0 Å². The van der Waals surface area contributed by atoms with E-state index in [1.165, 1.54) is 10.6 Å². The van der Waals surface area contributed by atoms with Crippen LogP contribution in [0.2, 0.25) is 0 Å². The normalized spacial score (nSPS) is 23.5. The Kier molecular flexibility index (Phi) is 4.27. The predicted molar refractivity (Wildman–Crippen MR) is 93.5 cm³/mol. The summed E-state index contributed by atoms with van der Waals surface area (Å²) in [5.41, 5.74) is -0.0389. The number of anilines is 2. The molecule has 8 nitrogen and oxygen atoms in total. The molecule has 2 bridgehead atoms. The quantitative estimate of drug-likeness (QED) is 0.643.